The van der Waals surface area contributed by atoms with E-state index in [4.69, 9.17) is 4.74 Å². The summed E-state index contributed by atoms with van der Waals surface area (Å²) in [4.78, 5) is 6.19. The summed E-state index contributed by atoms with van der Waals surface area (Å²) >= 11 is 0. The maximum atomic E-state index is 11.3. The smallest absolute Gasteiger partial charge is 0.209 e. The molecule has 1 aliphatic carbocycles. The van der Waals surface area contributed by atoms with Gasteiger partial charge in [-0.1, -0.05) is 0 Å². The predicted octanol–water partition coefficient (Wildman–Crippen LogP) is 0.866. The molecule has 0 heterocycles. The Morgan fingerprint density at radius 2 is 2.00 bits per heavy atom. The molecule has 1 rings (SSSR count). The minimum atomic E-state index is -3.24. The van der Waals surface area contributed by atoms with E-state index in [1.165, 1.54) is 12.8 Å². The van der Waals surface area contributed by atoms with E-state index in [1.54, 1.807) is 7.05 Å². The minimum Gasteiger partial charge on any atom is -0.379 e. The number of guanidine groups is 1. The SMILES string of the molecule is CN=C(NCC(C)(C)NS(C)(=O)=O)N(C)CCOCC1CC1.I. The lowest BCUT2D eigenvalue weighted by atomic mass is 10.1. The highest BCUT2D eigenvalue weighted by Crippen LogP contribution is 2.28. The first-order chi connectivity index (χ1) is 10.1. The number of ether oxygens (including phenoxy) is 1. The molecule has 1 aliphatic rings. The van der Waals surface area contributed by atoms with E-state index in [9.17, 15) is 8.42 Å². The summed E-state index contributed by atoms with van der Waals surface area (Å²) in [6.07, 6.45) is 3.75. The zero-order chi connectivity index (χ0) is 16.8. The Morgan fingerprint density at radius 1 is 1.39 bits per heavy atom. The van der Waals surface area contributed by atoms with Gasteiger partial charge in [0.05, 0.1) is 12.9 Å². The summed E-state index contributed by atoms with van der Waals surface area (Å²) in [7, 11) is 0.407. The summed E-state index contributed by atoms with van der Waals surface area (Å²) in [6, 6.07) is 0. The number of likely N-dealkylation sites (N-methyl/N-ethyl adjacent to an activating group) is 1. The van der Waals surface area contributed by atoms with E-state index in [0.29, 0.717) is 13.2 Å². The maximum Gasteiger partial charge on any atom is 0.209 e. The molecule has 0 aliphatic heterocycles. The number of hydrogen-bond acceptors (Lipinski definition) is 4. The molecule has 1 fully saturated rings. The van der Waals surface area contributed by atoms with Crippen LogP contribution in [0, 0.1) is 5.92 Å². The van der Waals surface area contributed by atoms with Gasteiger partial charge in [0.25, 0.3) is 0 Å². The van der Waals surface area contributed by atoms with E-state index in [-0.39, 0.29) is 24.0 Å². The number of hydrogen-bond donors (Lipinski definition) is 2. The number of nitrogens with one attached hydrogen (secondary N) is 2. The lowest BCUT2D eigenvalue weighted by Crippen LogP contribution is -2.53. The van der Waals surface area contributed by atoms with Crippen molar-refractivity contribution >= 4 is 40.0 Å². The average molecular weight is 462 g/mol. The van der Waals surface area contributed by atoms with Crippen LogP contribution < -0.4 is 10.0 Å². The van der Waals surface area contributed by atoms with Crippen LogP contribution in [0.1, 0.15) is 26.7 Å². The summed E-state index contributed by atoms with van der Waals surface area (Å²) in [5.41, 5.74) is -0.590. The number of halogens is 1. The Balaban J connectivity index is 0.00000484. The van der Waals surface area contributed by atoms with E-state index < -0.39 is 15.6 Å². The second-order valence-electron chi connectivity index (χ2n) is 6.60. The molecule has 0 amide bonds. The number of nitrogens with zero attached hydrogens (tertiary/aromatic N) is 2. The van der Waals surface area contributed by atoms with Crippen molar-refractivity contribution in [2.75, 3.05) is 46.7 Å². The summed E-state index contributed by atoms with van der Waals surface area (Å²) < 4.78 is 30.9. The first-order valence-electron chi connectivity index (χ1n) is 7.61. The van der Waals surface area contributed by atoms with Crippen molar-refractivity contribution in [3.63, 3.8) is 0 Å². The molecule has 0 radical (unpaired) electrons. The van der Waals surface area contributed by atoms with Crippen LogP contribution in [0.3, 0.4) is 0 Å². The Kier molecular flexibility index (Phi) is 9.94. The van der Waals surface area contributed by atoms with Crippen LogP contribution in [-0.4, -0.2) is 71.5 Å². The molecule has 1 saturated carbocycles. The van der Waals surface area contributed by atoms with E-state index in [0.717, 1.165) is 31.3 Å². The molecule has 0 bridgehead atoms. The fraction of sp³-hybridized carbons (Fsp3) is 0.929. The predicted molar refractivity (Wildman–Crippen MR) is 105 cm³/mol. The van der Waals surface area contributed by atoms with Crippen molar-refractivity contribution < 1.29 is 13.2 Å². The molecule has 0 aromatic rings. The van der Waals surface area contributed by atoms with Crippen LogP contribution >= 0.6 is 24.0 Å². The fourth-order valence-electron chi connectivity index (χ4n) is 2.06. The van der Waals surface area contributed by atoms with Gasteiger partial charge < -0.3 is 15.0 Å². The van der Waals surface area contributed by atoms with Gasteiger partial charge in [-0.3, -0.25) is 4.99 Å². The van der Waals surface area contributed by atoms with Crippen LogP contribution in [0.5, 0.6) is 0 Å². The molecule has 0 aromatic heterocycles. The highest BCUT2D eigenvalue weighted by Gasteiger charge is 2.23. The van der Waals surface area contributed by atoms with Crippen molar-refractivity contribution in [2.24, 2.45) is 10.9 Å². The third kappa shape index (κ3) is 11.1. The van der Waals surface area contributed by atoms with Gasteiger partial charge in [-0.25, -0.2) is 13.1 Å². The molecule has 9 heteroatoms. The average Bonchev–Trinajstić information content (AvgIpc) is 3.16. The Morgan fingerprint density at radius 3 is 2.48 bits per heavy atom. The monoisotopic (exact) mass is 462 g/mol. The first kappa shape index (κ1) is 22.9. The molecule has 0 aromatic carbocycles. The van der Waals surface area contributed by atoms with Gasteiger partial charge in [-0.15, -0.1) is 24.0 Å². The topological polar surface area (TPSA) is 83.0 Å². The lowest BCUT2D eigenvalue weighted by Gasteiger charge is -2.29. The summed E-state index contributed by atoms with van der Waals surface area (Å²) in [5, 5.41) is 3.19. The number of aliphatic imine (C=N–C) groups is 1. The van der Waals surface area contributed by atoms with Gasteiger partial charge in [0, 0.05) is 39.3 Å². The molecule has 7 nitrogen and oxygen atoms in total. The van der Waals surface area contributed by atoms with Crippen molar-refractivity contribution in [3.8, 4) is 0 Å². The van der Waals surface area contributed by atoms with Crippen LogP contribution in [0.15, 0.2) is 4.99 Å². The highest BCUT2D eigenvalue weighted by molar-refractivity contribution is 14.0. The highest BCUT2D eigenvalue weighted by atomic mass is 127. The second-order valence-corrected chi connectivity index (χ2v) is 8.35. The molecule has 138 valence electrons. The van der Waals surface area contributed by atoms with Gasteiger partial charge in [0.1, 0.15) is 0 Å². The van der Waals surface area contributed by atoms with E-state index in [1.807, 2.05) is 25.8 Å². The normalized spacial score (nSPS) is 16.0. The first-order valence-corrected chi connectivity index (χ1v) is 9.50. The zero-order valence-corrected chi connectivity index (χ0v) is 17.9. The lowest BCUT2D eigenvalue weighted by molar-refractivity contribution is 0.115. The van der Waals surface area contributed by atoms with E-state index in [2.05, 4.69) is 15.0 Å². The Bertz CT molecular complexity index is 478. The molecule has 0 spiro atoms. The van der Waals surface area contributed by atoms with Crippen molar-refractivity contribution in [1.29, 1.82) is 0 Å². The van der Waals surface area contributed by atoms with Crippen LogP contribution in [0.2, 0.25) is 0 Å². The number of rotatable bonds is 9. The Labute approximate surface area is 157 Å². The van der Waals surface area contributed by atoms with Crippen LogP contribution in [0.4, 0.5) is 0 Å². The van der Waals surface area contributed by atoms with E-state index >= 15 is 0 Å². The molecule has 0 saturated heterocycles. The van der Waals surface area contributed by atoms with Gasteiger partial charge in [-0.2, -0.15) is 0 Å². The molecule has 0 atom stereocenters. The third-order valence-electron chi connectivity index (χ3n) is 3.35. The Hall–Kier alpha value is -0.130. The second kappa shape index (κ2) is 10.00. The third-order valence-corrected chi connectivity index (χ3v) is 4.27. The maximum absolute atomic E-state index is 11.3. The van der Waals surface area contributed by atoms with Crippen LogP contribution in [0.25, 0.3) is 0 Å². The van der Waals surface area contributed by atoms with Crippen molar-refractivity contribution in [3.05, 3.63) is 0 Å². The summed E-state index contributed by atoms with van der Waals surface area (Å²) in [6.45, 7) is 6.36. The minimum absolute atomic E-state index is 0. The van der Waals surface area contributed by atoms with Gasteiger partial charge >= 0.3 is 0 Å². The standard InChI is InChI=1S/C14H30N4O3S.HI/c1-14(2,17-22(5,19)20)11-16-13(15-3)18(4)8-9-21-10-12-6-7-12;/h12,17H,6-11H2,1-5H3,(H,15,16);1H. The zero-order valence-electron chi connectivity index (χ0n) is 14.8. The largest absolute Gasteiger partial charge is 0.379 e. The number of sulfonamides is 1. The molecule has 2 N–H and O–H groups in total. The molecule has 0 unspecified atom stereocenters. The molecular formula is C14H31IN4O3S. The molecular weight excluding hydrogens is 431 g/mol. The van der Waals surface area contributed by atoms with Gasteiger partial charge in [0.2, 0.25) is 10.0 Å². The van der Waals surface area contributed by atoms with Gasteiger partial charge in [0.15, 0.2) is 5.96 Å². The summed E-state index contributed by atoms with van der Waals surface area (Å²) in [5.74, 6) is 1.49. The van der Waals surface area contributed by atoms with Crippen molar-refractivity contribution in [2.45, 2.75) is 32.2 Å². The fourth-order valence-corrected chi connectivity index (χ4v) is 3.14. The molecule has 23 heavy (non-hydrogen) atoms. The van der Waals surface area contributed by atoms with Crippen molar-refractivity contribution in [1.82, 2.24) is 14.9 Å². The van der Waals surface area contributed by atoms with Gasteiger partial charge in [-0.05, 0) is 32.6 Å². The van der Waals surface area contributed by atoms with Crippen LogP contribution in [-0.2, 0) is 14.8 Å². The quantitative estimate of drug-likeness (QED) is 0.230.